The second kappa shape index (κ2) is 15.7. The van der Waals surface area contributed by atoms with E-state index in [0.717, 1.165) is 0 Å². The van der Waals surface area contributed by atoms with Crippen molar-refractivity contribution in [1.29, 1.82) is 0 Å². The van der Waals surface area contributed by atoms with Crippen LogP contribution in [0.1, 0.15) is 26.7 Å². The summed E-state index contributed by atoms with van der Waals surface area (Å²) in [5.41, 5.74) is 0. The van der Waals surface area contributed by atoms with Gasteiger partial charge in [0.1, 0.15) is 6.79 Å². The van der Waals surface area contributed by atoms with Crippen LogP contribution in [0.15, 0.2) is 0 Å². The topological polar surface area (TPSA) is 18.5 Å². The molecule has 0 saturated heterocycles. The number of methoxy groups -OCH3 is 2. The molecule has 0 saturated carbocycles. The Morgan fingerprint density at radius 1 is 0.889 bits per heavy atom. The smallest absolute Gasteiger partial charge is 0.145 e. The fourth-order valence-electron chi connectivity index (χ4n) is 0.118. The van der Waals surface area contributed by atoms with Crippen LogP contribution in [-0.2, 0) is 9.47 Å². The molecule has 0 amide bonds. The molecular weight excluding hydrogens is 116 g/mol. The van der Waals surface area contributed by atoms with E-state index in [0.29, 0.717) is 6.79 Å². The maximum absolute atomic E-state index is 4.47. The fourth-order valence-corrected chi connectivity index (χ4v) is 0.118. The second-order valence-electron chi connectivity index (χ2n) is 1.70. The molecule has 0 radical (unpaired) electrons. The van der Waals surface area contributed by atoms with Crippen LogP contribution in [0.3, 0.4) is 0 Å². The summed E-state index contributed by atoms with van der Waals surface area (Å²) in [4.78, 5) is 0. The van der Waals surface area contributed by atoms with Crippen LogP contribution in [0.25, 0.3) is 0 Å². The Kier molecular flexibility index (Phi) is 20.3. The molecule has 0 N–H and O–H groups in total. The lowest BCUT2D eigenvalue weighted by atomic mass is 10.4. The number of hydrogen-bond acceptors (Lipinski definition) is 2. The molecule has 0 rings (SSSR count). The molecule has 0 aromatic carbocycles. The van der Waals surface area contributed by atoms with Gasteiger partial charge in [-0.25, -0.2) is 0 Å². The third-order valence-corrected chi connectivity index (χ3v) is 0.736. The van der Waals surface area contributed by atoms with Crippen molar-refractivity contribution in [1.82, 2.24) is 0 Å². The van der Waals surface area contributed by atoms with Crippen molar-refractivity contribution in [3.8, 4) is 0 Å². The Labute approximate surface area is 58.2 Å². The average Bonchev–Trinajstić information content (AvgIpc) is 1.91. The number of rotatable bonds is 3. The van der Waals surface area contributed by atoms with Crippen LogP contribution in [0.2, 0.25) is 0 Å². The fraction of sp³-hybridized carbons (Fsp3) is 1.00. The summed E-state index contributed by atoms with van der Waals surface area (Å²) >= 11 is 0. The molecule has 0 aliphatic heterocycles. The molecule has 0 atom stereocenters. The van der Waals surface area contributed by atoms with E-state index in [1.54, 1.807) is 14.2 Å². The zero-order valence-electron chi connectivity index (χ0n) is 6.94. The molecule has 58 valence electrons. The molecule has 0 unspecified atom stereocenters. The summed E-state index contributed by atoms with van der Waals surface area (Å²) in [6.07, 6.45) is 2.64. The molecule has 0 aliphatic carbocycles. The largest absolute Gasteiger partial charge is 0.359 e. The third kappa shape index (κ3) is 32.6. The van der Waals surface area contributed by atoms with Crippen molar-refractivity contribution in [2.75, 3.05) is 21.0 Å². The SMILES string of the molecule is CCCC.COCOC. The molecule has 0 spiro atoms. The van der Waals surface area contributed by atoms with E-state index in [1.807, 2.05) is 0 Å². The van der Waals surface area contributed by atoms with Gasteiger partial charge in [0, 0.05) is 14.2 Å². The highest BCUT2D eigenvalue weighted by molar-refractivity contribution is 4.12. The van der Waals surface area contributed by atoms with Crippen molar-refractivity contribution >= 4 is 0 Å². The highest BCUT2D eigenvalue weighted by atomic mass is 16.6. The van der Waals surface area contributed by atoms with Crippen LogP contribution >= 0.6 is 0 Å². The quantitative estimate of drug-likeness (QED) is 0.550. The van der Waals surface area contributed by atoms with E-state index in [9.17, 15) is 0 Å². The van der Waals surface area contributed by atoms with Gasteiger partial charge in [0.25, 0.3) is 0 Å². The molecule has 0 heterocycles. The molecule has 0 aromatic heterocycles. The van der Waals surface area contributed by atoms with Crippen molar-refractivity contribution < 1.29 is 9.47 Å². The van der Waals surface area contributed by atoms with Gasteiger partial charge in [0.05, 0.1) is 0 Å². The van der Waals surface area contributed by atoms with Crippen molar-refractivity contribution in [2.45, 2.75) is 26.7 Å². The van der Waals surface area contributed by atoms with Gasteiger partial charge >= 0.3 is 0 Å². The Bertz CT molecular complexity index is 26.1. The number of hydrogen-bond donors (Lipinski definition) is 0. The number of ether oxygens (including phenoxy) is 2. The van der Waals surface area contributed by atoms with Gasteiger partial charge in [-0.3, -0.25) is 0 Å². The summed E-state index contributed by atoms with van der Waals surface area (Å²) in [5, 5.41) is 0. The second-order valence-corrected chi connectivity index (χ2v) is 1.70. The summed E-state index contributed by atoms with van der Waals surface area (Å²) < 4.78 is 8.94. The Morgan fingerprint density at radius 2 is 1.22 bits per heavy atom. The minimum atomic E-state index is 0.389. The minimum Gasteiger partial charge on any atom is -0.359 e. The highest BCUT2D eigenvalue weighted by Gasteiger charge is 1.63. The highest BCUT2D eigenvalue weighted by Crippen LogP contribution is 1.76. The average molecular weight is 134 g/mol. The lowest BCUT2D eigenvalue weighted by Gasteiger charge is -1.87. The lowest BCUT2D eigenvalue weighted by Crippen LogP contribution is -1.87. The van der Waals surface area contributed by atoms with Crippen molar-refractivity contribution in [2.24, 2.45) is 0 Å². The van der Waals surface area contributed by atoms with E-state index < -0.39 is 0 Å². The van der Waals surface area contributed by atoms with Crippen molar-refractivity contribution in [3.63, 3.8) is 0 Å². The Hall–Kier alpha value is -0.0800. The van der Waals surface area contributed by atoms with Gasteiger partial charge in [0.2, 0.25) is 0 Å². The minimum absolute atomic E-state index is 0.389. The molecule has 2 nitrogen and oxygen atoms in total. The van der Waals surface area contributed by atoms with Gasteiger partial charge in [-0.2, -0.15) is 0 Å². The van der Waals surface area contributed by atoms with E-state index in [-0.39, 0.29) is 0 Å². The first kappa shape index (κ1) is 11.7. The first-order valence-electron chi connectivity index (χ1n) is 3.31. The summed E-state index contributed by atoms with van der Waals surface area (Å²) in [6, 6.07) is 0. The maximum atomic E-state index is 4.47. The monoisotopic (exact) mass is 134 g/mol. The predicted molar refractivity (Wildman–Crippen MR) is 39.5 cm³/mol. The van der Waals surface area contributed by atoms with E-state index >= 15 is 0 Å². The zero-order chi connectivity index (χ0) is 7.54. The molecule has 0 bridgehead atoms. The lowest BCUT2D eigenvalue weighted by molar-refractivity contribution is -0.00271. The van der Waals surface area contributed by atoms with Gasteiger partial charge in [0.15, 0.2) is 0 Å². The van der Waals surface area contributed by atoms with Crippen LogP contribution in [0.5, 0.6) is 0 Å². The third-order valence-electron chi connectivity index (χ3n) is 0.736. The van der Waals surface area contributed by atoms with Crippen LogP contribution in [-0.4, -0.2) is 21.0 Å². The standard InChI is InChI=1S/C4H10.C3H8O2/c1-3-4-2;1-4-3-5-2/h3-4H2,1-2H3;3H2,1-2H3. The molecule has 9 heavy (non-hydrogen) atoms. The number of unbranched alkanes of at least 4 members (excludes halogenated alkanes) is 1. The normalized spacial score (nSPS) is 8.00. The van der Waals surface area contributed by atoms with Gasteiger partial charge in [-0.05, 0) is 0 Å². The van der Waals surface area contributed by atoms with Gasteiger partial charge in [-0.15, -0.1) is 0 Å². The summed E-state index contributed by atoms with van der Waals surface area (Å²) in [5.74, 6) is 0. The van der Waals surface area contributed by atoms with Crippen LogP contribution in [0.4, 0.5) is 0 Å². The van der Waals surface area contributed by atoms with E-state index in [2.05, 4.69) is 23.3 Å². The van der Waals surface area contributed by atoms with Gasteiger partial charge < -0.3 is 9.47 Å². The summed E-state index contributed by atoms with van der Waals surface area (Å²) in [6.45, 7) is 4.75. The first-order valence-corrected chi connectivity index (χ1v) is 3.31. The molecular formula is C7H18O2. The van der Waals surface area contributed by atoms with Gasteiger partial charge in [-0.1, -0.05) is 26.7 Å². The van der Waals surface area contributed by atoms with Crippen LogP contribution in [0, 0.1) is 0 Å². The maximum Gasteiger partial charge on any atom is 0.145 e. The summed E-state index contributed by atoms with van der Waals surface area (Å²) in [7, 11) is 3.17. The first-order chi connectivity index (χ1) is 4.33. The molecule has 0 fully saturated rings. The molecule has 0 aromatic rings. The molecule has 0 aliphatic rings. The van der Waals surface area contributed by atoms with E-state index in [4.69, 9.17) is 0 Å². The Balaban J connectivity index is 0. The zero-order valence-corrected chi connectivity index (χ0v) is 6.94. The molecule has 2 heteroatoms. The van der Waals surface area contributed by atoms with E-state index in [1.165, 1.54) is 12.8 Å². The Morgan fingerprint density at radius 3 is 1.22 bits per heavy atom. The van der Waals surface area contributed by atoms with Crippen LogP contribution < -0.4 is 0 Å². The van der Waals surface area contributed by atoms with Crippen molar-refractivity contribution in [3.05, 3.63) is 0 Å². The predicted octanol–water partition coefficient (Wildman–Crippen LogP) is 2.04.